The highest BCUT2D eigenvalue weighted by atomic mass is 19.1. The maximum absolute atomic E-state index is 13.1. The van der Waals surface area contributed by atoms with Crippen LogP contribution in [0.25, 0.3) is 0 Å². The van der Waals surface area contributed by atoms with E-state index in [9.17, 15) is 9.18 Å². The van der Waals surface area contributed by atoms with Gasteiger partial charge in [0.25, 0.3) is 0 Å². The Balaban J connectivity index is 2.49. The molecule has 3 N–H and O–H groups in total. The summed E-state index contributed by atoms with van der Waals surface area (Å²) in [7, 11) is 0. The molecule has 0 aliphatic carbocycles. The molecule has 1 amide bonds. The number of nitrogens with two attached hydrogens (primary N) is 1. The third kappa shape index (κ3) is 5.70. The molecule has 0 aliphatic rings. The first-order chi connectivity index (χ1) is 9.56. The maximum Gasteiger partial charge on any atom is 0.223 e. The van der Waals surface area contributed by atoms with E-state index in [-0.39, 0.29) is 23.7 Å². The first-order valence-electron chi connectivity index (χ1n) is 7.31. The van der Waals surface area contributed by atoms with Gasteiger partial charge in [-0.3, -0.25) is 4.79 Å². The van der Waals surface area contributed by atoms with Crippen molar-refractivity contribution in [2.24, 2.45) is 11.7 Å². The van der Waals surface area contributed by atoms with E-state index in [2.05, 4.69) is 12.2 Å². The van der Waals surface area contributed by atoms with Gasteiger partial charge in [-0.15, -0.1) is 0 Å². The van der Waals surface area contributed by atoms with Crippen LogP contribution in [0.5, 0.6) is 0 Å². The third-order valence-electron chi connectivity index (χ3n) is 3.42. The van der Waals surface area contributed by atoms with Crippen LogP contribution in [0.3, 0.4) is 0 Å². The highest BCUT2D eigenvalue weighted by molar-refractivity contribution is 5.78. The van der Waals surface area contributed by atoms with E-state index in [1.807, 2.05) is 13.0 Å². The van der Waals surface area contributed by atoms with Crippen LogP contribution in [0.15, 0.2) is 24.3 Å². The molecule has 0 heterocycles. The van der Waals surface area contributed by atoms with Gasteiger partial charge < -0.3 is 11.1 Å². The number of carbonyl (C=O) groups is 1. The number of hydrogen-bond acceptors (Lipinski definition) is 2. The Morgan fingerprint density at radius 2 is 2.20 bits per heavy atom. The van der Waals surface area contributed by atoms with Crippen LogP contribution in [0, 0.1) is 11.7 Å². The Morgan fingerprint density at radius 3 is 2.80 bits per heavy atom. The van der Waals surface area contributed by atoms with Gasteiger partial charge in [0, 0.05) is 18.5 Å². The van der Waals surface area contributed by atoms with Gasteiger partial charge >= 0.3 is 0 Å². The number of carbonyl (C=O) groups excluding carboxylic acids is 1. The van der Waals surface area contributed by atoms with Crippen molar-refractivity contribution in [2.75, 3.05) is 6.54 Å². The molecule has 2 unspecified atom stereocenters. The van der Waals surface area contributed by atoms with E-state index < -0.39 is 0 Å². The zero-order valence-corrected chi connectivity index (χ0v) is 12.4. The molecule has 0 aliphatic heterocycles. The van der Waals surface area contributed by atoms with Gasteiger partial charge in [-0.25, -0.2) is 4.39 Å². The zero-order valence-electron chi connectivity index (χ0n) is 12.4. The van der Waals surface area contributed by atoms with E-state index in [1.54, 1.807) is 6.07 Å². The number of unbranched alkanes of at least 4 members (excludes halogenated alkanes) is 1. The number of nitrogens with one attached hydrogen (secondary N) is 1. The van der Waals surface area contributed by atoms with Crippen molar-refractivity contribution in [1.82, 2.24) is 5.32 Å². The molecule has 0 spiro atoms. The average Bonchev–Trinajstić information content (AvgIpc) is 2.43. The summed E-state index contributed by atoms with van der Waals surface area (Å²) in [6.07, 6.45) is 3.59. The van der Waals surface area contributed by atoms with Gasteiger partial charge in [0.15, 0.2) is 0 Å². The predicted molar refractivity (Wildman–Crippen MR) is 79.8 cm³/mol. The van der Waals surface area contributed by atoms with Crippen molar-refractivity contribution >= 4 is 5.91 Å². The lowest BCUT2D eigenvalue weighted by Crippen LogP contribution is -2.42. The molecule has 4 heteroatoms. The van der Waals surface area contributed by atoms with Crippen molar-refractivity contribution < 1.29 is 9.18 Å². The fourth-order valence-corrected chi connectivity index (χ4v) is 2.15. The number of halogens is 1. The zero-order chi connectivity index (χ0) is 15.0. The van der Waals surface area contributed by atoms with Gasteiger partial charge in [0.1, 0.15) is 5.82 Å². The van der Waals surface area contributed by atoms with Crippen LogP contribution in [0.2, 0.25) is 0 Å². The lowest BCUT2D eigenvalue weighted by Gasteiger charge is -2.19. The standard InChI is InChI=1S/C16H25FN2O/c1-3-4-8-15(11-18)19-16(20)12(2)9-13-6-5-7-14(17)10-13/h5-7,10,12,15H,3-4,8-9,11,18H2,1-2H3,(H,19,20). The molecule has 0 saturated carbocycles. The minimum atomic E-state index is -0.266. The monoisotopic (exact) mass is 280 g/mol. The summed E-state index contributed by atoms with van der Waals surface area (Å²) in [5.74, 6) is -0.467. The predicted octanol–water partition coefficient (Wildman–Crippen LogP) is 2.64. The average molecular weight is 280 g/mol. The molecule has 0 saturated heterocycles. The molecular formula is C16H25FN2O. The largest absolute Gasteiger partial charge is 0.352 e. The highest BCUT2D eigenvalue weighted by Gasteiger charge is 2.17. The van der Waals surface area contributed by atoms with Crippen molar-refractivity contribution in [3.8, 4) is 0 Å². The normalized spacial score (nSPS) is 13.8. The molecule has 3 nitrogen and oxygen atoms in total. The summed E-state index contributed by atoms with van der Waals surface area (Å²) >= 11 is 0. The van der Waals surface area contributed by atoms with Crippen LogP contribution < -0.4 is 11.1 Å². The maximum atomic E-state index is 13.1. The van der Waals surface area contributed by atoms with Gasteiger partial charge in [-0.1, -0.05) is 38.8 Å². The lowest BCUT2D eigenvalue weighted by atomic mass is 9.99. The molecule has 1 aromatic rings. The Morgan fingerprint density at radius 1 is 1.45 bits per heavy atom. The molecule has 0 radical (unpaired) electrons. The Labute approximate surface area is 120 Å². The van der Waals surface area contributed by atoms with Crippen LogP contribution in [-0.4, -0.2) is 18.5 Å². The van der Waals surface area contributed by atoms with Crippen molar-refractivity contribution in [3.63, 3.8) is 0 Å². The van der Waals surface area contributed by atoms with Crippen LogP contribution in [0.4, 0.5) is 4.39 Å². The number of amides is 1. The number of hydrogen-bond donors (Lipinski definition) is 2. The molecule has 0 fully saturated rings. The minimum absolute atomic E-state index is 0.0131. The van der Waals surface area contributed by atoms with E-state index in [0.29, 0.717) is 13.0 Å². The van der Waals surface area contributed by atoms with E-state index in [1.165, 1.54) is 12.1 Å². The SMILES string of the molecule is CCCCC(CN)NC(=O)C(C)Cc1cccc(F)c1. The second-order valence-electron chi connectivity index (χ2n) is 5.32. The quantitative estimate of drug-likeness (QED) is 0.769. The van der Waals surface area contributed by atoms with Crippen molar-refractivity contribution in [2.45, 2.75) is 45.6 Å². The third-order valence-corrected chi connectivity index (χ3v) is 3.42. The molecule has 1 rings (SSSR count). The molecule has 112 valence electrons. The van der Waals surface area contributed by atoms with E-state index >= 15 is 0 Å². The molecule has 0 bridgehead atoms. The summed E-state index contributed by atoms with van der Waals surface area (Å²) in [4.78, 5) is 12.1. The van der Waals surface area contributed by atoms with Gasteiger partial charge in [0.2, 0.25) is 5.91 Å². The highest BCUT2D eigenvalue weighted by Crippen LogP contribution is 2.11. The van der Waals surface area contributed by atoms with Crippen molar-refractivity contribution in [3.05, 3.63) is 35.6 Å². The Kier molecular flexibility index (Phi) is 7.23. The summed E-state index contributed by atoms with van der Waals surface area (Å²) in [5, 5.41) is 2.98. The smallest absolute Gasteiger partial charge is 0.223 e. The topological polar surface area (TPSA) is 55.1 Å². The number of rotatable bonds is 8. The summed E-state index contributed by atoms with van der Waals surface area (Å²) in [5.41, 5.74) is 6.51. The molecular weight excluding hydrogens is 255 g/mol. The minimum Gasteiger partial charge on any atom is -0.352 e. The Bertz CT molecular complexity index is 423. The van der Waals surface area contributed by atoms with Crippen LogP contribution >= 0.6 is 0 Å². The summed E-state index contributed by atoms with van der Waals surface area (Å²) in [6, 6.07) is 6.42. The van der Waals surface area contributed by atoms with E-state index in [0.717, 1.165) is 24.8 Å². The van der Waals surface area contributed by atoms with Crippen LogP contribution in [-0.2, 0) is 11.2 Å². The first kappa shape index (κ1) is 16.6. The Hall–Kier alpha value is -1.42. The van der Waals surface area contributed by atoms with E-state index in [4.69, 9.17) is 5.73 Å². The van der Waals surface area contributed by atoms with Crippen LogP contribution in [0.1, 0.15) is 38.7 Å². The van der Waals surface area contributed by atoms with Gasteiger partial charge in [0.05, 0.1) is 0 Å². The summed E-state index contributed by atoms with van der Waals surface area (Å²) in [6.45, 7) is 4.42. The number of benzene rings is 1. The van der Waals surface area contributed by atoms with Gasteiger partial charge in [-0.05, 0) is 30.5 Å². The second kappa shape index (κ2) is 8.69. The second-order valence-corrected chi connectivity index (χ2v) is 5.32. The molecule has 2 atom stereocenters. The fraction of sp³-hybridized carbons (Fsp3) is 0.562. The fourth-order valence-electron chi connectivity index (χ4n) is 2.15. The lowest BCUT2D eigenvalue weighted by molar-refractivity contribution is -0.125. The van der Waals surface area contributed by atoms with Crippen molar-refractivity contribution in [1.29, 1.82) is 0 Å². The molecule has 1 aromatic carbocycles. The first-order valence-corrected chi connectivity index (χ1v) is 7.31. The summed E-state index contributed by atoms with van der Waals surface area (Å²) < 4.78 is 13.1. The molecule has 20 heavy (non-hydrogen) atoms. The molecule has 0 aromatic heterocycles. The van der Waals surface area contributed by atoms with Gasteiger partial charge in [-0.2, -0.15) is 0 Å².